The summed E-state index contributed by atoms with van der Waals surface area (Å²) in [7, 11) is 0. The first-order valence-electron chi connectivity index (χ1n) is 5.16. The van der Waals surface area contributed by atoms with Gasteiger partial charge in [0, 0.05) is 16.7 Å². The van der Waals surface area contributed by atoms with Gasteiger partial charge in [0.05, 0.1) is 6.26 Å². The molecule has 16 heavy (non-hydrogen) atoms. The standard InChI is InChI=1S/C11H17NO3S/c1-7(2)12-9(11(13)14)6-16-10-4-5-15-8(10)3/h4-5,7,9,12H,6H2,1-3H3,(H,13,14). The SMILES string of the molecule is Cc1occc1SCC(NC(C)C)C(=O)O. The predicted molar refractivity (Wildman–Crippen MR) is 63.9 cm³/mol. The maximum atomic E-state index is 11.0. The van der Waals surface area contributed by atoms with Crippen LogP contribution >= 0.6 is 11.8 Å². The highest BCUT2D eigenvalue weighted by Gasteiger charge is 2.18. The van der Waals surface area contributed by atoms with Crippen LogP contribution in [0, 0.1) is 6.92 Å². The molecular formula is C11H17NO3S. The number of thioether (sulfide) groups is 1. The Morgan fingerprint density at radius 3 is 2.75 bits per heavy atom. The van der Waals surface area contributed by atoms with Gasteiger partial charge in [0.25, 0.3) is 0 Å². The van der Waals surface area contributed by atoms with Crippen molar-refractivity contribution in [3.8, 4) is 0 Å². The molecule has 1 unspecified atom stereocenters. The van der Waals surface area contributed by atoms with Crippen LogP contribution in [-0.4, -0.2) is 28.9 Å². The molecule has 0 aromatic carbocycles. The monoisotopic (exact) mass is 243 g/mol. The van der Waals surface area contributed by atoms with E-state index in [2.05, 4.69) is 5.32 Å². The number of nitrogens with one attached hydrogen (secondary N) is 1. The van der Waals surface area contributed by atoms with Crippen LogP contribution in [0.25, 0.3) is 0 Å². The van der Waals surface area contributed by atoms with Crippen LogP contribution < -0.4 is 5.32 Å². The van der Waals surface area contributed by atoms with E-state index in [1.807, 2.05) is 26.8 Å². The number of aryl methyl sites for hydroxylation is 1. The van der Waals surface area contributed by atoms with E-state index in [-0.39, 0.29) is 6.04 Å². The summed E-state index contributed by atoms with van der Waals surface area (Å²) in [5.41, 5.74) is 0. The number of carboxylic acid groups (broad SMARTS) is 1. The van der Waals surface area contributed by atoms with E-state index in [0.717, 1.165) is 10.7 Å². The van der Waals surface area contributed by atoms with E-state index in [9.17, 15) is 4.79 Å². The third-order valence-electron chi connectivity index (χ3n) is 2.05. The minimum atomic E-state index is -0.817. The summed E-state index contributed by atoms with van der Waals surface area (Å²) in [5.74, 6) is 0.509. The summed E-state index contributed by atoms with van der Waals surface area (Å²) in [6.45, 7) is 5.74. The summed E-state index contributed by atoms with van der Waals surface area (Å²) in [5, 5.41) is 12.0. The Kier molecular flexibility index (Phi) is 4.89. The molecule has 1 heterocycles. The fourth-order valence-corrected chi connectivity index (χ4v) is 2.28. The van der Waals surface area contributed by atoms with Crippen LogP contribution in [0.2, 0.25) is 0 Å². The van der Waals surface area contributed by atoms with E-state index < -0.39 is 12.0 Å². The van der Waals surface area contributed by atoms with Crippen molar-refractivity contribution in [2.45, 2.75) is 37.8 Å². The highest BCUT2D eigenvalue weighted by molar-refractivity contribution is 7.99. The van der Waals surface area contributed by atoms with Crippen LogP contribution in [0.4, 0.5) is 0 Å². The normalized spacial score (nSPS) is 13.0. The number of hydrogen-bond acceptors (Lipinski definition) is 4. The second-order valence-electron chi connectivity index (χ2n) is 3.86. The Hall–Kier alpha value is -0.940. The van der Waals surface area contributed by atoms with Crippen molar-refractivity contribution in [1.29, 1.82) is 0 Å². The molecule has 1 atom stereocenters. The van der Waals surface area contributed by atoms with Crippen LogP contribution in [0.3, 0.4) is 0 Å². The molecule has 0 bridgehead atoms. The fourth-order valence-electron chi connectivity index (χ4n) is 1.29. The minimum Gasteiger partial charge on any atom is -0.480 e. The number of aliphatic carboxylic acids is 1. The van der Waals surface area contributed by atoms with E-state index in [4.69, 9.17) is 9.52 Å². The number of rotatable bonds is 6. The lowest BCUT2D eigenvalue weighted by molar-refractivity contribution is -0.139. The third kappa shape index (κ3) is 3.90. The van der Waals surface area contributed by atoms with Crippen molar-refractivity contribution in [2.75, 3.05) is 5.75 Å². The average Bonchev–Trinajstić information content (AvgIpc) is 2.57. The van der Waals surface area contributed by atoms with Crippen LogP contribution in [0.15, 0.2) is 21.6 Å². The molecule has 2 N–H and O–H groups in total. The molecule has 0 aliphatic carbocycles. The summed E-state index contributed by atoms with van der Waals surface area (Å²) in [6, 6.07) is 1.49. The molecule has 0 saturated heterocycles. The van der Waals surface area contributed by atoms with E-state index in [1.54, 1.807) is 6.26 Å². The summed E-state index contributed by atoms with van der Waals surface area (Å²) in [6.07, 6.45) is 1.61. The average molecular weight is 243 g/mol. The summed E-state index contributed by atoms with van der Waals surface area (Å²) in [4.78, 5) is 12.0. The first-order chi connectivity index (χ1) is 7.50. The maximum Gasteiger partial charge on any atom is 0.321 e. The van der Waals surface area contributed by atoms with Gasteiger partial charge in [-0.1, -0.05) is 13.8 Å². The van der Waals surface area contributed by atoms with Gasteiger partial charge in [-0.05, 0) is 13.0 Å². The molecule has 1 aromatic rings. The molecule has 0 amide bonds. The van der Waals surface area contributed by atoms with Gasteiger partial charge in [-0.2, -0.15) is 0 Å². The Labute approximate surface area is 99.4 Å². The number of hydrogen-bond donors (Lipinski definition) is 2. The Morgan fingerprint density at radius 2 is 2.31 bits per heavy atom. The van der Waals surface area contributed by atoms with Gasteiger partial charge >= 0.3 is 5.97 Å². The lowest BCUT2D eigenvalue weighted by Crippen LogP contribution is -2.42. The molecule has 0 radical (unpaired) electrons. The second kappa shape index (κ2) is 5.96. The topological polar surface area (TPSA) is 62.5 Å². The third-order valence-corrected chi connectivity index (χ3v) is 3.28. The number of carboxylic acids is 1. The number of furan rings is 1. The maximum absolute atomic E-state index is 11.0. The van der Waals surface area contributed by atoms with Crippen molar-refractivity contribution in [1.82, 2.24) is 5.32 Å². The van der Waals surface area contributed by atoms with Crippen LogP contribution in [0.1, 0.15) is 19.6 Å². The molecule has 5 heteroatoms. The fraction of sp³-hybridized carbons (Fsp3) is 0.545. The van der Waals surface area contributed by atoms with Crippen molar-refractivity contribution < 1.29 is 14.3 Å². The van der Waals surface area contributed by atoms with Crippen molar-refractivity contribution in [3.63, 3.8) is 0 Å². The molecule has 1 rings (SSSR count). The Morgan fingerprint density at radius 1 is 1.62 bits per heavy atom. The van der Waals surface area contributed by atoms with E-state index in [0.29, 0.717) is 5.75 Å². The molecule has 4 nitrogen and oxygen atoms in total. The van der Waals surface area contributed by atoms with Gasteiger partial charge in [0.15, 0.2) is 0 Å². The van der Waals surface area contributed by atoms with Gasteiger partial charge < -0.3 is 14.8 Å². The second-order valence-corrected chi connectivity index (χ2v) is 4.93. The van der Waals surface area contributed by atoms with E-state index >= 15 is 0 Å². The van der Waals surface area contributed by atoms with Gasteiger partial charge in [0.2, 0.25) is 0 Å². The number of carbonyl (C=O) groups is 1. The van der Waals surface area contributed by atoms with Crippen molar-refractivity contribution in [3.05, 3.63) is 18.1 Å². The molecule has 0 fully saturated rings. The van der Waals surface area contributed by atoms with Gasteiger partial charge in [-0.15, -0.1) is 11.8 Å². The lowest BCUT2D eigenvalue weighted by Gasteiger charge is -2.16. The minimum absolute atomic E-state index is 0.159. The van der Waals surface area contributed by atoms with Gasteiger partial charge in [-0.25, -0.2) is 0 Å². The quantitative estimate of drug-likeness (QED) is 0.749. The van der Waals surface area contributed by atoms with Gasteiger partial charge in [-0.3, -0.25) is 4.79 Å². The molecule has 1 aromatic heterocycles. The zero-order valence-electron chi connectivity index (χ0n) is 9.69. The first-order valence-corrected chi connectivity index (χ1v) is 6.15. The van der Waals surface area contributed by atoms with Gasteiger partial charge in [0.1, 0.15) is 11.8 Å². The molecular weight excluding hydrogens is 226 g/mol. The molecule has 0 aliphatic rings. The van der Waals surface area contributed by atoms with Crippen molar-refractivity contribution >= 4 is 17.7 Å². The molecule has 0 spiro atoms. The van der Waals surface area contributed by atoms with Crippen molar-refractivity contribution in [2.24, 2.45) is 0 Å². The highest BCUT2D eigenvalue weighted by atomic mass is 32.2. The molecule has 0 aliphatic heterocycles. The Balaban J connectivity index is 2.50. The summed E-state index contributed by atoms with van der Waals surface area (Å²) >= 11 is 1.50. The predicted octanol–water partition coefficient (Wildman–Crippen LogP) is 2.13. The highest BCUT2D eigenvalue weighted by Crippen LogP contribution is 2.23. The largest absolute Gasteiger partial charge is 0.480 e. The lowest BCUT2D eigenvalue weighted by atomic mass is 10.3. The van der Waals surface area contributed by atoms with Crippen LogP contribution in [0.5, 0.6) is 0 Å². The first kappa shape index (κ1) is 13.1. The smallest absolute Gasteiger partial charge is 0.321 e. The molecule has 0 saturated carbocycles. The zero-order valence-corrected chi connectivity index (χ0v) is 10.5. The van der Waals surface area contributed by atoms with E-state index in [1.165, 1.54) is 11.8 Å². The molecule has 90 valence electrons. The zero-order chi connectivity index (χ0) is 12.1. The Bertz CT molecular complexity index is 349. The van der Waals surface area contributed by atoms with Crippen LogP contribution in [-0.2, 0) is 4.79 Å². The summed E-state index contributed by atoms with van der Waals surface area (Å²) < 4.78 is 5.15.